The number of hydrogen-bond donors (Lipinski definition) is 1. The van der Waals surface area contributed by atoms with Gasteiger partial charge in [-0.15, -0.1) is 0 Å². The highest BCUT2D eigenvalue weighted by Gasteiger charge is 2.12. The lowest BCUT2D eigenvalue weighted by atomic mass is 10.1. The van der Waals surface area contributed by atoms with E-state index in [1.807, 2.05) is 33.0 Å². The van der Waals surface area contributed by atoms with Crippen molar-refractivity contribution in [2.75, 3.05) is 5.32 Å². The zero-order chi connectivity index (χ0) is 13.3. The third kappa shape index (κ3) is 2.61. The Morgan fingerprint density at radius 3 is 2.44 bits per heavy atom. The number of carbonyl (C=O) groups is 1. The molecule has 0 unspecified atom stereocenters. The smallest absolute Gasteiger partial charge is 0.275 e. The van der Waals surface area contributed by atoms with Crippen LogP contribution >= 0.6 is 15.9 Å². The molecule has 4 nitrogen and oxygen atoms in total. The van der Waals surface area contributed by atoms with Crippen molar-refractivity contribution in [3.05, 3.63) is 46.0 Å². The molecule has 0 saturated heterocycles. The van der Waals surface area contributed by atoms with Crippen LogP contribution in [0.2, 0.25) is 0 Å². The average Bonchev–Trinajstić information content (AvgIpc) is 2.70. The first-order chi connectivity index (χ1) is 8.47. The van der Waals surface area contributed by atoms with Crippen molar-refractivity contribution in [2.24, 2.45) is 7.05 Å². The van der Waals surface area contributed by atoms with Gasteiger partial charge in [0.1, 0.15) is 5.69 Å². The minimum Gasteiger partial charge on any atom is -0.340 e. The van der Waals surface area contributed by atoms with Crippen LogP contribution in [0.1, 0.15) is 21.6 Å². The Kier molecular flexibility index (Phi) is 3.52. The third-order valence-corrected chi connectivity index (χ3v) is 3.13. The maximum Gasteiger partial charge on any atom is 0.275 e. The number of rotatable bonds is 2. The molecule has 0 bridgehead atoms. The van der Waals surface area contributed by atoms with Gasteiger partial charge in [-0.3, -0.25) is 4.79 Å². The van der Waals surface area contributed by atoms with Crippen molar-refractivity contribution in [2.45, 2.75) is 13.8 Å². The van der Waals surface area contributed by atoms with Crippen molar-refractivity contribution in [1.82, 2.24) is 9.55 Å². The van der Waals surface area contributed by atoms with Gasteiger partial charge in [-0.1, -0.05) is 15.9 Å². The predicted octanol–water partition coefficient (Wildman–Crippen LogP) is 3.05. The number of halogens is 1. The lowest BCUT2D eigenvalue weighted by Crippen LogP contribution is -2.14. The van der Waals surface area contributed by atoms with Gasteiger partial charge >= 0.3 is 0 Å². The Balaban J connectivity index is 2.27. The van der Waals surface area contributed by atoms with Gasteiger partial charge in [-0.2, -0.15) is 0 Å². The van der Waals surface area contributed by atoms with Gasteiger partial charge in [0.05, 0.1) is 6.33 Å². The molecule has 0 radical (unpaired) electrons. The fourth-order valence-electron chi connectivity index (χ4n) is 1.82. The number of nitrogens with zero attached hydrogens (tertiary/aromatic N) is 2. The highest BCUT2D eigenvalue weighted by atomic mass is 79.9. The van der Waals surface area contributed by atoms with Gasteiger partial charge < -0.3 is 9.88 Å². The normalized spacial score (nSPS) is 10.4. The Hall–Kier alpha value is -1.62. The maximum atomic E-state index is 12.0. The summed E-state index contributed by atoms with van der Waals surface area (Å²) in [4.78, 5) is 16.0. The zero-order valence-corrected chi connectivity index (χ0v) is 12.1. The first-order valence-electron chi connectivity index (χ1n) is 5.53. The van der Waals surface area contributed by atoms with Gasteiger partial charge in [-0.05, 0) is 37.1 Å². The molecule has 0 saturated carbocycles. The largest absolute Gasteiger partial charge is 0.340 e. The van der Waals surface area contributed by atoms with Gasteiger partial charge in [0.2, 0.25) is 0 Å². The summed E-state index contributed by atoms with van der Waals surface area (Å²) in [5.41, 5.74) is 3.30. The third-order valence-electron chi connectivity index (χ3n) is 2.67. The van der Waals surface area contributed by atoms with Crippen molar-refractivity contribution in [3.63, 3.8) is 0 Å². The van der Waals surface area contributed by atoms with E-state index in [4.69, 9.17) is 0 Å². The number of aryl methyl sites for hydroxylation is 3. The van der Waals surface area contributed by atoms with Crippen molar-refractivity contribution in [3.8, 4) is 0 Å². The van der Waals surface area contributed by atoms with Gasteiger partial charge in [0, 0.05) is 23.4 Å². The Labute approximate surface area is 114 Å². The molecule has 0 fully saturated rings. The first kappa shape index (κ1) is 12.8. The molecule has 0 spiro atoms. The number of anilines is 1. The molecule has 1 amide bonds. The molecule has 1 N–H and O–H groups in total. The summed E-state index contributed by atoms with van der Waals surface area (Å²) in [6.07, 6.45) is 3.30. The van der Waals surface area contributed by atoms with Crippen molar-refractivity contribution < 1.29 is 4.79 Å². The summed E-state index contributed by atoms with van der Waals surface area (Å²) in [6.45, 7) is 3.93. The standard InChI is InChI=1S/C13H14BrN3O/c1-8-4-10(14)5-9(2)12(8)16-13(18)11-6-17(3)7-15-11/h4-7H,1-3H3,(H,16,18). The van der Waals surface area contributed by atoms with Gasteiger partial charge in [0.15, 0.2) is 0 Å². The molecule has 0 aliphatic heterocycles. The summed E-state index contributed by atoms with van der Waals surface area (Å²) in [5, 5.41) is 2.90. The molecule has 0 aliphatic carbocycles. The summed E-state index contributed by atoms with van der Waals surface area (Å²) >= 11 is 3.43. The van der Waals surface area contributed by atoms with Crippen LogP contribution in [0.3, 0.4) is 0 Å². The predicted molar refractivity (Wildman–Crippen MR) is 74.8 cm³/mol. The monoisotopic (exact) mass is 307 g/mol. The Morgan fingerprint density at radius 1 is 1.33 bits per heavy atom. The number of nitrogens with one attached hydrogen (secondary N) is 1. The molecule has 1 heterocycles. The van der Waals surface area contributed by atoms with E-state index in [9.17, 15) is 4.79 Å². The molecule has 1 aromatic carbocycles. The molecule has 2 aromatic rings. The molecule has 18 heavy (non-hydrogen) atoms. The summed E-state index contributed by atoms with van der Waals surface area (Å²) in [7, 11) is 1.83. The van der Waals surface area contributed by atoms with Crippen LogP contribution in [-0.4, -0.2) is 15.5 Å². The summed E-state index contributed by atoms with van der Waals surface area (Å²) < 4.78 is 2.75. The van der Waals surface area contributed by atoms with Crippen LogP contribution in [0.15, 0.2) is 29.1 Å². The Morgan fingerprint density at radius 2 is 1.94 bits per heavy atom. The van der Waals surface area contributed by atoms with Crippen LogP contribution < -0.4 is 5.32 Å². The lowest BCUT2D eigenvalue weighted by Gasteiger charge is -2.11. The maximum absolute atomic E-state index is 12.0. The zero-order valence-electron chi connectivity index (χ0n) is 10.5. The average molecular weight is 308 g/mol. The topological polar surface area (TPSA) is 46.9 Å². The van der Waals surface area contributed by atoms with Crippen molar-refractivity contribution in [1.29, 1.82) is 0 Å². The molecule has 2 rings (SSSR count). The van der Waals surface area contributed by atoms with Crippen LogP contribution in [0, 0.1) is 13.8 Å². The molecule has 5 heteroatoms. The summed E-state index contributed by atoms with van der Waals surface area (Å²) in [5.74, 6) is -0.191. The van der Waals surface area contributed by atoms with E-state index in [-0.39, 0.29) is 5.91 Å². The number of imidazole rings is 1. The molecule has 1 aromatic heterocycles. The summed E-state index contributed by atoms with van der Waals surface area (Å²) in [6, 6.07) is 3.95. The van der Waals surface area contributed by atoms with E-state index in [2.05, 4.69) is 26.2 Å². The second-order valence-corrected chi connectivity index (χ2v) is 5.21. The number of aromatic nitrogens is 2. The second kappa shape index (κ2) is 4.94. The molecular weight excluding hydrogens is 294 g/mol. The lowest BCUT2D eigenvalue weighted by molar-refractivity contribution is 0.102. The molecule has 0 aliphatic rings. The number of benzene rings is 1. The highest BCUT2D eigenvalue weighted by molar-refractivity contribution is 9.10. The van der Waals surface area contributed by atoms with Crippen LogP contribution in [-0.2, 0) is 7.05 Å². The van der Waals surface area contributed by atoms with Gasteiger partial charge in [-0.25, -0.2) is 4.98 Å². The van der Waals surface area contributed by atoms with E-state index in [0.717, 1.165) is 21.3 Å². The van der Waals surface area contributed by atoms with E-state index in [1.165, 1.54) is 0 Å². The first-order valence-corrected chi connectivity index (χ1v) is 6.32. The highest BCUT2D eigenvalue weighted by Crippen LogP contribution is 2.25. The number of amides is 1. The Bertz CT molecular complexity index is 581. The molecule has 94 valence electrons. The number of carbonyl (C=O) groups excluding carboxylic acids is 1. The van der Waals surface area contributed by atoms with E-state index in [1.54, 1.807) is 17.1 Å². The fraction of sp³-hybridized carbons (Fsp3) is 0.231. The van der Waals surface area contributed by atoms with Crippen molar-refractivity contribution >= 4 is 27.5 Å². The van der Waals surface area contributed by atoms with E-state index in [0.29, 0.717) is 5.69 Å². The molecule has 0 atom stereocenters. The van der Waals surface area contributed by atoms with Crippen LogP contribution in [0.4, 0.5) is 5.69 Å². The SMILES string of the molecule is Cc1cc(Br)cc(C)c1NC(=O)c1cn(C)cn1. The minimum absolute atomic E-state index is 0.191. The number of hydrogen-bond acceptors (Lipinski definition) is 2. The van der Waals surface area contributed by atoms with Crippen LogP contribution in [0.5, 0.6) is 0 Å². The minimum atomic E-state index is -0.191. The fourth-order valence-corrected chi connectivity index (χ4v) is 2.50. The molecular formula is C13H14BrN3O. The second-order valence-electron chi connectivity index (χ2n) is 4.29. The van der Waals surface area contributed by atoms with E-state index >= 15 is 0 Å². The van der Waals surface area contributed by atoms with E-state index < -0.39 is 0 Å². The van der Waals surface area contributed by atoms with Crippen LogP contribution in [0.25, 0.3) is 0 Å². The van der Waals surface area contributed by atoms with Gasteiger partial charge in [0.25, 0.3) is 5.91 Å². The quantitative estimate of drug-likeness (QED) is 0.927.